The fourth-order valence-corrected chi connectivity index (χ4v) is 2.45. The maximum absolute atomic E-state index is 12.8. The Balaban J connectivity index is 3.15. The molecular formula is C14H26N2O2. The Morgan fingerprint density at radius 1 is 1.22 bits per heavy atom. The predicted molar refractivity (Wildman–Crippen MR) is 72.2 cm³/mol. The zero-order valence-electron chi connectivity index (χ0n) is 12.3. The molecular weight excluding hydrogens is 228 g/mol. The summed E-state index contributed by atoms with van der Waals surface area (Å²) >= 11 is 0. The quantitative estimate of drug-likeness (QED) is 0.835. The lowest BCUT2D eigenvalue weighted by Gasteiger charge is -2.42. The number of rotatable bonds is 4. The Labute approximate surface area is 110 Å². The van der Waals surface area contributed by atoms with Crippen LogP contribution < -0.4 is 5.32 Å². The van der Waals surface area contributed by atoms with Crippen LogP contribution in [0, 0.1) is 0 Å². The van der Waals surface area contributed by atoms with Crippen LogP contribution in [-0.2, 0) is 9.59 Å². The van der Waals surface area contributed by atoms with E-state index in [1.54, 1.807) is 0 Å². The molecule has 0 spiro atoms. The average Bonchev–Trinajstić information content (AvgIpc) is 2.47. The number of carbonyl (C=O) groups is 2. The third-order valence-electron chi connectivity index (χ3n) is 4.40. The fourth-order valence-electron chi connectivity index (χ4n) is 2.45. The Morgan fingerprint density at radius 3 is 2.22 bits per heavy atom. The SMILES string of the molecule is CCC1(CC)NC(=O)CCN(C(C)(C)CC)C1=O. The van der Waals surface area contributed by atoms with E-state index in [4.69, 9.17) is 0 Å². The van der Waals surface area contributed by atoms with E-state index in [2.05, 4.69) is 26.1 Å². The van der Waals surface area contributed by atoms with Crippen LogP contribution in [0.5, 0.6) is 0 Å². The van der Waals surface area contributed by atoms with Gasteiger partial charge in [-0.2, -0.15) is 0 Å². The maximum atomic E-state index is 12.8. The van der Waals surface area contributed by atoms with Crippen LogP contribution in [0.1, 0.15) is 60.3 Å². The molecule has 1 heterocycles. The Hall–Kier alpha value is -1.06. The van der Waals surface area contributed by atoms with Crippen molar-refractivity contribution in [3.63, 3.8) is 0 Å². The number of nitrogens with one attached hydrogen (secondary N) is 1. The van der Waals surface area contributed by atoms with Gasteiger partial charge in [0.1, 0.15) is 5.54 Å². The van der Waals surface area contributed by atoms with Gasteiger partial charge in [0.05, 0.1) is 0 Å². The van der Waals surface area contributed by atoms with Gasteiger partial charge in [-0.25, -0.2) is 0 Å². The summed E-state index contributed by atoms with van der Waals surface area (Å²) in [6, 6.07) is 0. The first kappa shape index (κ1) is 15.0. The first-order valence-corrected chi connectivity index (χ1v) is 6.96. The van der Waals surface area contributed by atoms with E-state index in [0.717, 1.165) is 6.42 Å². The Kier molecular flexibility index (Phi) is 4.41. The highest BCUT2D eigenvalue weighted by molar-refractivity contribution is 5.93. The van der Waals surface area contributed by atoms with Crippen LogP contribution in [0.15, 0.2) is 0 Å². The second kappa shape index (κ2) is 5.29. The smallest absolute Gasteiger partial charge is 0.248 e. The van der Waals surface area contributed by atoms with Gasteiger partial charge in [0.2, 0.25) is 11.8 Å². The van der Waals surface area contributed by atoms with Gasteiger partial charge in [-0.1, -0.05) is 20.8 Å². The molecule has 0 radical (unpaired) electrons. The van der Waals surface area contributed by atoms with Crippen LogP contribution in [0.2, 0.25) is 0 Å². The van der Waals surface area contributed by atoms with Gasteiger partial charge in [-0.3, -0.25) is 9.59 Å². The zero-order valence-corrected chi connectivity index (χ0v) is 12.3. The van der Waals surface area contributed by atoms with Crippen molar-refractivity contribution < 1.29 is 9.59 Å². The minimum absolute atomic E-state index is 0.0125. The standard InChI is InChI=1S/C14H26N2O2/c1-6-13(4,5)16-10-9-11(17)15-14(7-2,8-3)12(16)18/h6-10H2,1-5H3,(H,15,17). The van der Waals surface area contributed by atoms with E-state index in [0.29, 0.717) is 25.8 Å². The molecule has 1 N–H and O–H groups in total. The first-order valence-electron chi connectivity index (χ1n) is 6.96. The third-order valence-corrected chi connectivity index (χ3v) is 4.40. The predicted octanol–water partition coefficient (Wildman–Crippen LogP) is 2.08. The second-order valence-electron chi connectivity index (χ2n) is 5.71. The molecule has 2 amide bonds. The Bertz CT molecular complexity index is 333. The van der Waals surface area contributed by atoms with E-state index in [-0.39, 0.29) is 17.4 Å². The first-order chi connectivity index (χ1) is 8.33. The molecule has 4 heteroatoms. The van der Waals surface area contributed by atoms with Crippen molar-refractivity contribution in [3.8, 4) is 0 Å². The molecule has 0 bridgehead atoms. The normalized spacial score (nSPS) is 20.6. The third kappa shape index (κ3) is 2.52. The van der Waals surface area contributed by atoms with Gasteiger partial charge in [0.15, 0.2) is 0 Å². The van der Waals surface area contributed by atoms with Gasteiger partial charge in [-0.05, 0) is 33.1 Å². The largest absolute Gasteiger partial charge is 0.342 e. The number of amides is 2. The van der Waals surface area contributed by atoms with E-state index >= 15 is 0 Å². The summed E-state index contributed by atoms with van der Waals surface area (Å²) in [6.07, 6.45) is 2.57. The topological polar surface area (TPSA) is 49.4 Å². The molecule has 0 aromatic rings. The molecule has 1 aliphatic heterocycles. The summed E-state index contributed by atoms with van der Waals surface area (Å²) in [5.74, 6) is 0.0617. The van der Waals surface area contributed by atoms with Crippen molar-refractivity contribution in [3.05, 3.63) is 0 Å². The number of carbonyl (C=O) groups excluding carboxylic acids is 2. The van der Waals surface area contributed by atoms with E-state index < -0.39 is 5.54 Å². The highest BCUT2D eigenvalue weighted by atomic mass is 16.2. The summed E-state index contributed by atoms with van der Waals surface area (Å²) in [5.41, 5.74) is -0.904. The van der Waals surface area contributed by atoms with Crippen molar-refractivity contribution in [1.29, 1.82) is 0 Å². The molecule has 0 atom stereocenters. The second-order valence-corrected chi connectivity index (χ2v) is 5.71. The monoisotopic (exact) mass is 254 g/mol. The van der Waals surface area contributed by atoms with Gasteiger partial charge < -0.3 is 10.2 Å². The molecule has 1 saturated heterocycles. The molecule has 0 aliphatic carbocycles. The minimum Gasteiger partial charge on any atom is -0.342 e. The lowest BCUT2D eigenvalue weighted by molar-refractivity contribution is -0.144. The molecule has 18 heavy (non-hydrogen) atoms. The van der Waals surface area contributed by atoms with Crippen LogP contribution in [-0.4, -0.2) is 34.3 Å². The highest BCUT2D eigenvalue weighted by Gasteiger charge is 2.45. The summed E-state index contributed by atoms with van der Waals surface area (Å²) in [4.78, 5) is 26.5. The lowest BCUT2D eigenvalue weighted by atomic mass is 9.88. The highest BCUT2D eigenvalue weighted by Crippen LogP contribution is 2.28. The Morgan fingerprint density at radius 2 is 1.78 bits per heavy atom. The molecule has 0 unspecified atom stereocenters. The molecule has 0 aromatic carbocycles. The number of hydrogen-bond donors (Lipinski definition) is 1. The lowest BCUT2D eigenvalue weighted by Crippen LogP contribution is -2.60. The molecule has 1 aliphatic rings. The number of hydrogen-bond acceptors (Lipinski definition) is 2. The van der Waals surface area contributed by atoms with Crippen molar-refractivity contribution >= 4 is 11.8 Å². The summed E-state index contributed by atoms with van der Waals surface area (Å²) in [5, 5.41) is 2.94. The van der Waals surface area contributed by atoms with E-state index in [1.807, 2.05) is 18.7 Å². The summed E-state index contributed by atoms with van der Waals surface area (Å²) in [7, 11) is 0. The van der Waals surface area contributed by atoms with Gasteiger partial charge >= 0.3 is 0 Å². The molecule has 0 saturated carbocycles. The molecule has 4 nitrogen and oxygen atoms in total. The number of nitrogens with zero attached hydrogens (tertiary/aromatic N) is 1. The minimum atomic E-state index is -0.708. The van der Waals surface area contributed by atoms with Crippen LogP contribution in [0.4, 0.5) is 0 Å². The van der Waals surface area contributed by atoms with Crippen molar-refractivity contribution in [1.82, 2.24) is 10.2 Å². The maximum Gasteiger partial charge on any atom is 0.248 e. The summed E-state index contributed by atoms with van der Waals surface area (Å²) in [6.45, 7) is 10.7. The van der Waals surface area contributed by atoms with Gasteiger partial charge in [-0.15, -0.1) is 0 Å². The van der Waals surface area contributed by atoms with Crippen LogP contribution in [0.3, 0.4) is 0 Å². The van der Waals surface area contributed by atoms with Crippen molar-refractivity contribution in [2.24, 2.45) is 0 Å². The van der Waals surface area contributed by atoms with E-state index in [9.17, 15) is 9.59 Å². The van der Waals surface area contributed by atoms with Gasteiger partial charge in [0.25, 0.3) is 0 Å². The molecule has 104 valence electrons. The summed E-state index contributed by atoms with van der Waals surface area (Å²) < 4.78 is 0. The van der Waals surface area contributed by atoms with Gasteiger partial charge in [0, 0.05) is 18.5 Å². The molecule has 1 fully saturated rings. The van der Waals surface area contributed by atoms with Crippen LogP contribution >= 0.6 is 0 Å². The van der Waals surface area contributed by atoms with Crippen LogP contribution in [0.25, 0.3) is 0 Å². The molecule has 0 aromatic heterocycles. The van der Waals surface area contributed by atoms with Crippen molar-refractivity contribution in [2.45, 2.75) is 71.4 Å². The fraction of sp³-hybridized carbons (Fsp3) is 0.857. The van der Waals surface area contributed by atoms with E-state index in [1.165, 1.54) is 0 Å². The average molecular weight is 254 g/mol. The molecule has 1 rings (SSSR count). The van der Waals surface area contributed by atoms with Crippen molar-refractivity contribution in [2.75, 3.05) is 6.54 Å². The zero-order chi connectivity index (χ0) is 14.0.